The van der Waals surface area contributed by atoms with E-state index in [1.807, 2.05) is 48.5 Å². The summed E-state index contributed by atoms with van der Waals surface area (Å²) in [6, 6.07) is 22.1. The number of aromatic amines is 1. The topological polar surface area (TPSA) is 23.4 Å². The molecule has 3 rings (SSSR count). The summed E-state index contributed by atoms with van der Waals surface area (Å²) in [6.45, 7) is 0. The molecule has 104 valence electrons. The standard InChI is InChI=1S/C19H17NO/c1-21-19-12-5-4-11-18(19)17-10-3-2-8-15(17)14-16-9-6-7-13-20-16/h2-13H,14H2,1H3/p+1/i/hD. The summed E-state index contributed by atoms with van der Waals surface area (Å²) < 4.78 is 13.5. The Morgan fingerprint density at radius 2 is 1.62 bits per heavy atom. The maximum atomic E-state index is 7.97. The highest BCUT2D eigenvalue weighted by Gasteiger charge is 2.11. The Morgan fingerprint density at radius 1 is 0.905 bits per heavy atom. The van der Waals surface area contributed by atoms with E-state index < -0.39 is 0 Å². The highest BCUT2D eigenvalue weighted by molar-refractivity contribution is 5.73. The minimum absolute atomic E-state index is 0.707. The molecule has 0 atom stereocenters. The van der Waals surface area contributed by atoms with E-state index in [0.29, 0.717) is 6.42 Å². The van der Waals surface area contributed by atoms with Crippen LogP contribution in [0.25, 0.3) is 11.1 Å². The molecule has 1 heterocycles. The van der Waals surface area contributed by atoms with Crippen LogP contribution in [-0.2, 0) is 6.42 Å². The fourth-order valence-corrected chi connectivity index (χ4v) is 2.50. The molecule has 0 bridgehead atoms. The minimum Gasteiger partial charge on any atom is -0.496 e. The van der Waals surface area contributed by atoms with Crippen LogP contribution in [0.3, 0.4) is 0 Å². The predicted molar refractivity (Wildman–Crippen MR) is 84.2 cm³/mol. The Hall–Kier alpha value is -2.61. The van der Waals surface area contributed by atoms with Gasteiger partial charge in [0.05, 0.1) is 13.5 Å². The lowest BCUT2D eigenvalue weighted by Crippen LogP contribution is -2.10. The van der Waals surface area contributed by atoms with Crippen molar-refractivity contribution in [3.05, 3.63) is 84.2 Å². The maximum absolute atomic E-state index is 7.97. The number of rotatable bonds is 4. The van der Waals surface area contributed by atoms with Crippen molar-refractivity contribution in [3.8, 4) is 16.9 Å². The smallest absolute Gasteiger partial charge is 0.453 e. The van der Waals surface area contributed by atoms with Gasteiger partial charge in [0.15, 0.2) is 11.9 Å². The Balaban J connectivity index is 2.06. The maximum Gasteiger partial charge on any atom is 0.453 e. The number of pyridine rings is 1. The first kappa shape index (κ1) is 12.2. The molecule has 0 aliphatic carbocycles. The van der Waals surface area contributed by atoms with Crippen molar-refractivity contribution in [1.29, 1.82) is 0 Å². The number of aromatic nitrogens is 1. The molecule has 0 aliphatic rings. The number of H-pyrrole nitrogens is 1. The van der Waals surface area contributed by atoms with Gasteiger partial charge in [-0.25, -0.2) is 4.98 Å². The van der Waals surface area contributed by atoms with Gasteiger partial charge in [-0.1, -0.05) is 48.5 Å². The van der Waals surface area contributed by atoms with Crippen LogP contribution in [0.15, 0.2) is 72.9 Å². The molecule has 0 fully saturated rings. The summed E-state index contributed by atoms with van der Waals surface area (Å²) in [4.78, 5) is 1.42. The van der Waals surface area contributed by atoms with Crippen molar-refractivity contribution in [1.82, 2.24) is 0 Å². The van der Waals surface area contributed by atoms with Crippen molar-refractivity contribution in [3.63, 3.8) is 0 Å². The number of nitrogens with one attached hydrogen (secondary N) is 1. The van der Waals surface area contributed by atoms with Crippen molar-refractivity contribution in [2.24, 2.45) is 0 Å². The Morgan fingerprint density at radius 3 is 2.43 bits per heavy atom. The Bertz CT molecular complexity index is 786. The molecular weight excluding hydrogens is 258 g/mol. The first-order chi connectivity index (χ1) is 10.8. The van der Waals surface area contributed by atoms with E-state index in [2.05, 4.69) is 18.2 Å². The zero-order valence-electron chi connectivity index (χ0n) is 13.0. The van der Waals surface area contributed by atoms with Gasteiger partial charge in [-0.15, -0.1) is 0 Å². The van der Waals surface area contributed by atoms with Gasteiger partial charge >= 0.3 is 1.41 Å². The molecule has 0 saturated heterocycles. The number of benzene rings is 2. The van der Waals surface area contributed by atoms with E-state index in [-0.39, 0.29) is 0 Å². The van der Waals surface area contributed by atoms with E-state index in [1.54, 1.807) is 13.3 Å². The molecule has 2 heteroatoms. The molecule has 0 aliphatic heterocycles. The highest BCUT2D eigenvalue weighted by atomic mass is 16.5. The molecule has 2 aromatic carbocycles. The molecule has 1 N–H and O–H groups in total. The van der Waals surface area contributed by atoms with Gasteiger partial charge in [0, 0.05) is 17.7 Å². The van der Waals surface area contributed by atoms with Crippen LogP contribution in [-0.4, -0.2) is 7.11 Å². The van der Waals surface area contributed by atoms with Crippen LogP contribution in [0.5, 0.6) is 5.75 Å². The number of ether oxygens (including phenoxy) is 1. The van der Waals surface area contributed by atoms with Crippen molar-refractivity contribution in [2.75, 3.05) is 7.11 Å². The first-order valence-corrected chi connectivity index (χ1v) is 6.99. The molecule has 0 saturated carbocycles. The lowest BCUT2D eigenvalue weighted by atomic mass is 9.96. The van der Waals surface area contributed by atoms with Crippen LogP contribution in [0.2, 0.25) is 1.41 Å². The fourth-order valence-electron chi connectivity index (χ4n) is 2.50. The third kappa shape index (κ3) is 2.95. The molecule has 0 amide bonds. The third-order valence-electron chi connectivity index (χ3n) is 3.51. The predicted octanol–water partition coefficient (Wildman–Crippen LogP) is 3.77. The van der Waals surface area contributed by atoms with E-state index in [9.17, 15) is 0 Å². The first-order valence-electron chi connectivity index (χ1n) is 7.44. The van der Waals surface area contributed by atoms with Crippen LogP contribution in [0, 0.1) is 0 Å². The molecule has 1 aromatic heterocycles. The number of para-hydroxylation sites is 1. The van der Waals surface area contributed by atoms with Gasteiger partial charge in [-0.05, 0) is 17.2 Å². The van der Waals surface area contributed by atoms with Gasteiger partial charge in [0.25, 0.3) is 0 Å². The summed E-state index contributed by atoms with van der Waals surface area (Å²) in [5, 5.41) is 0. The average molecular weight is 277 g/mol. The molecule has 3 aromatic rings. The van der Waals surface area contributed by atoms with E-state index in [0.717, 1.165) is 22.6 Å². The van der Waals surface area contributed by atoms with Crippen LogP contribution in [0.1, 0.15) is 11.3 Å². The number of hydrogen-bond donors (Lipinski definition) is 0. The van der Waals surface area contributed by atoms with E-state index in [4.69, 9.17) is 6.15 Å². The second-order valence-electron chi connectivity index (χ2n) is 4.86. The van der Waals surface area contributed by atoms with Gasteiger partial charge in [-0.2, -0.15) is 0 Å². The largest absolute Gasteiger partial charge is 0.496 e. The zero-order chi connectivity index (χ0) is 15.4. The second-order valence-corrected chi connectivity index (χ2v) is 4.86. The lowest BCUT2D eigenvalue weighted by Gasteiger charge is -2.12. The Labute approximate surface area is 126 Å². The minimum atomic E-state index is 0.707. The lowest BCUT2D eigenvalue weighted by molar-refractivity contribution is -0.389. The summed E-state index contributed by atoms with van der Waals surface area (Å²) in [7, 11) is 1.69. The second kappa shape index (κ2) is 6.23. The van der Waals surface area contributed by atoms with E-state index >= 15 is 0 Å². The van der Waals surface area contributed by atoms with Gasteiger partial charge in [0.2, 0.25) is 0 Å². The molecule has 21 heavy (non-hydrogen) atoms. The monoisotopic (exact) mass is 277 g/mol. The number of methoxy groups -OCH3 is 1. The van der Waals surface area contributed by atoms with Gasteiger partial charge in [-0.3, -0.25) is 0 Å². The summed E-state index contributed by atoms with van der Waals surface area (Å²) in [6.07, 6.45) is 2.46. The Kier molecular flexibility index (Phi) is 3.60. The third-order valence-corrected chi connectivity index (χ3v) is 3.51. The van der Waals surface area contributed by atoms with Crippen LogP contribution >= 0.6 is 0 Å². The molecule has 0 unspecified atom stereocenters. The van der Waals surface area contributed by atoms with Crippen LogP contribution in [0.4, 0.5) is 0 Å². The van der Waals surface area contributed by atoms with Crippen molar-refractivity contribution < 1.29 is 11.1 Å². The molecule has 0 spiro atoms. The number of hydrogen-bond acceptors (Lipinski definition) is 1. The SMILES string of the molecule is [2H][n+]1ccccc1Cc1ccccc1-c1ccccc1OC. The molecule has 2 nitrogen and oxygen atoms in total. The average Bonchev–Trinajstić information content (AvgIpc) is 2.57. The van der Waals surface area contributed by atoms with Crippen molar-refractivity contribution >= 4 is 0 Å². The normalized spacial score (nSPS) is 11.0. The van der Waals surface area contributed by atoms with Gasteiger partial charge in [0.1, 0.15) is 5.75 Å². The highest BCUT2D eigenvalue weighted by Crippen LogP contribution is 2.32. The van der Waals surface area contributed by atoms with Crippen LogP contribution < -0.4 is 9.71 Å². The summed E-state index contributed by atoms with van der Waals surface area (Å²) in [5.74, 6) is 0.863. The molecule has 0 radical (unpaired) electrons. The van der Waals surface area contributed by atoms with Gasteiger partial charge < -0.3 is 4.74 Å². The summed E-state index contributed by atoms with van der Waals surface area (Å²) >= 11 is 0. The molecular formula is C19H18NO+. The summed E-state index contributed by atoms with van der Waals surface area (Å²) in [5.41, 5.74) is 4.35. The van der Waals surface area contributed by atoms with E-state index in [1.165, 1.54) is 10.5 Å². The van der Waals surface area contributed by atoms with Crippen molar-refractivity contribution in [2.45, 2.75) is 6.42 Å². The zero-order valence-corrected chi connectivity index (χ0v) is 12.0. The fraction of sp³-hybridized carbons (Fsp3) is 0.105. The quantitative estimate of drug-likeness (QED) is 0.712.